The summed E-state index contributed by atoms with van der Waals surface area (Å²) in [4.78, 5) is 17.5. The second-order valence-corrected chi connectivity index (χ2v) is 4.04. The molecule has 0 amide bonds. The summed E-state index contributed by atoms with van der Waals surface area (Å²) in [5.74, 6) is -0.905. The van der Waals surface area contributed by atoms with Crippen molar-refractivity contribution in [3.63, 3.8) is 0 Å². The number of hydrogen-bond donors (Lipinski definition) is 2. The Morgan fingerprint density at radius 1 is 1.45 bits per heavy atom. The maximum atomic E-state index is 10.7. The molecule has 0 rings (SSSR count). The normalized spacial score (nSPS) is 14.9. The van der Waals surface area contributed by atoms with Gasteiger partial charge in [-0.2, -0.15) is 0 Å². The van der Waals surface area contributed by atoms with Crippen LogP contribution in [0.15, 0.2) is 0 Å². The van der Waals surface area contributed by atoms with Gasteiger partial charge in [-0.1, -0.05) is 13.3 Å². The molecule has 0 saturated carbocycles. The van der Waals surface area contributed by atoms with Crippen molar-refractivity contribution in [3.05, 3.63) is 0 Å². The van der Waals surface area contributed by atoms with Crippen molar-refractivity contribution < 1.29 is 19.1 Å². The highest BCUT2D eigenvalue weighted by Crippen LogP contribution is 2.43. The quantitative estimate of drug-likeness (QED) is 0.629. The largest absolute Gasteiger partial charge is 0.366 e. The molecule has 0 aromatic heterocycles. The molecule has 0 radical (unpaired) electrons. The van der Waals surface area contributed by atoms with E-state index in [2.05, 4.69) is 0 Å². The molecule has 0 saturated heterocycles. The zero-order valence-electron chi connectivity index (χ0n) is 6.86. The van der Waals surface area contributed by atoms with Gasteiger partial charge < -0.3 is 14.5 Å². The minimum Gasteiger partial charge on any atom is -0.366 e. The second kappa shape index (κ2) is 4.88. The van der Waals surface area contributed by atoms with Gasteiger partial charge in [0.15, 0.2) is 5.85 Å². The summed E-state index contributed by atoms with van der Waals surface area (Å²) >= 11 is 0. The summed E-state index contributed by atoms with van der Waals surface area (Å²) in [5.41, 5.74) is 0. The Morgan fingerprint density at radius 2 is 2.00 bits per heavy atom. The first-order valence-corrected chi connectivity index (χ1v) is 5.37. The Balaban J connectivity index is 3.99. The van der Waals surface area contributed by atoms with Crippen molar-refractivity contribution in [2.75, 3.05) is 6.61 Å². The Labute approximate surface area is 66.7 Å². The molecule has 4 nitrogen and oxygen atoms in total. The van der Waals surface area contributed by atoms with Crippen LogP contribution in [0, 0.1) is 0 Å². The molecule has 1 atom stereocenters. The molecular formula is C6H15O4P. The van der Waals surface area contributed by atoms with Crippen LogP contribution >= 0.6 is 7.60 Å². The van der Waals surface area contributed by atoms with E-state index in [0.717, 1.165) is 6.42 Å². The molecule has 5 heteroatoms. The van der Waals surface area contributed by atoms with Crippen LogP contribution in [0.25, 0.3) is 0 Å². The van der Waals surface area contributed by atoms with E-state index < -0.39 is 13.4 Å². The smallest absolute Gasteiger partial charge is 0.354 e. The topological polar surface area (TPSA) is 66.8 Å². The molecule has 11 heavy (non-hydrogen) atoms. The van der Waals surface area contributed by atoms with Crippen LogP contribution in [0.5, 0.6) is 0 Å². The summed E-state index contributed by atoms with van der Waals surface area (Å²) in [5, 5.41) is 0. The Kier molecular flexibility index (Phi) is 4.93. The zero-order chi connectivity index (χ0) is 8.91. The molecule has 0 spiro atoms. The maximum Gasteiger partial charge on any atom is 0.354 e. The fourth-order valence-corrected chi connectivity index (χ4v) is 1.73. The molecule has 0 aliphatic heterocycles. The second-order valence-electron chi connectivity index (χ2n) is 2.29. The van der Waals surface area contributed by atoms with Gasteiger partial charge in [-0.05, 0) is 13.3 Å². The molecule has 0 bridgehead atoms. The lowest BCUT2D eigenvalue weighted by atomic mass is 10.4. The lowest BCUT2D eigenvalue weighted by molar-refractivity contribution is 0.0898. The van der Waals surface area contributed by atoms with Gasteiger partial charge in [0.05, 0.1) is 0 Å². The van der Waals surface area contributed by atoms with Crippen molar-refractivity contribution in [3.8, 4) is 0 Å². The first-order chi connectivity index (χ1) is 5.02. The van der Waals surface area contributed by atoms with Gasteiger partial charge in [0, 0.05) is 6.61 Å². The number of ether oxygens (including phenoxy) is 1. The minimum absolute atomic E-state index is 0.343. The molecule has 2 N–H and O–H groups in total. The van der Waals surface area contributed by atoms with Crippen LogP contribution in [0.3, 0.4) is 0 Å². The van der Waals surface area contributed by atoms with E-state index in [1.165, 1.54) is 0 Å². The van der Waals surface area contributed by atoms with E-state index >= 15 is 0 Å². The Morgan fingerprint density at radius 3 is 2.27 bits per heavy atom. The van der Waals surface area contributed by atoms with Gasteiger partial charge in [0.25, 0.3) is 0 Å². The SMILES string of the molecule is CCCC(OCC)P(=O)(O)O. The van der Waals surface area contributed by atoms with Gasteiger partial charge in [0.1, 0.15) is 0 Å². The van der Waals surface area contributed by atoms with E-state index in [-0.39, 0.29) is 0 Å². The molecule has 68 valence electrons. The van der Waals surface area contributed by atoms with E-state index in [0.29, 0.717) is 13.0 Å². The zero-order valence-corrected chi connectivity index (χ0v) is 7.75. The fourth-order valence-electron chi connectivity index (χ4n) is 0.788. The summed E-state index contributed by atoms with van der Waals surface area (Å²) in [6, 6.07) is 0. The molecular weight excluding hydrogens is 167 g/mol. The van der Waals surface area contributed by atoms with Crippen LogP contribution < -0.4 is 0 Å². The number of rotatable bonds is 5. The molecule has 0 heterocycles. The molecule has 0 fully saturated rings. The van der Waals surface area contributed by atoms with E-state index in [9.17, 15) is 4.57 Å². The van der Waals surface area contributed by atoms with E-state index in [4.69, 9.17) is 14.5 Å². The van der Waals surface area contributed by atoms with Crippen molar-refractivity contribution in [2.45, 2.75) is 32.5 Å². The van der Waals surface area contributed by atoms with Gasteiger partial charge >= 0.3 is 7.60 Å². The third-order valence-corrected chi connectivity index (χ3v) is 2.43. The van der Waals surface area contributed by atoms with Crippen molar-refractivity contribution in [2.24, 2.45) is 0 Å². The first kappa shape index (κ1) is 11.1. The number of hydrogen-bond acceptors (Lipinski definition) is 2. The standard InChI is InChI=1S/C6H15O4P/c1-3-5-6(10-4-2)11(7,8)9/h6H,3-5H2,1-2H3,(H2,7,8,9). The summed E-state index contributed by atoms with van der Waals surface area (Å²) in [7, 11) is -4.03. The van der Waals surface area contributed by atoms with Gasteiger partial charge in [0.2, 0.25) is 0 Å². The fraction of sp³-hybridized carbons (Fsp3) is 1.00. The van der Waals surface area contributed by atoms with Crippen LogP contribution in [0.2, 0.25) is 0 Å². The van der Waals surface area contributed by atoms with Crippen LogP contribution in [0.1, 0.15) is 26.7 Å². The Hall–Kier alpha value is 0.110. The third kappa shape index (κ3) is 4.53. The molecule has 0 aromatic rings. The van der Waals surface area contributed by atoms with Crippen molar-refractivity contribution >= 4 is 7.60 Å². The molecule has 0 aliphatic rings. The van der Waals surface area contributed by atoms with Crippen molar-refractivity contribution in [1.82, 2.24) is 0 Å². The average molecular weight is 182 g/mol. The summed E-state index contributed by atoms with van der Waals surface area (Å²) < 4.78 is 15.6. The molecule has 0 aromatic carbocycles. The lowest BCUT2D eigenvalue weighted by Crippen LogP contribution is -2.12. The monoisotopic (exact) mass is 182 g/mol. The van der Waals surface area contributed by atoms with Crippen LogP contribution in [-0.4, -0.2) is 22.2 Å². The minimum atomic E-state index is -4.03. The van der Waals surface area contributed by atoms with Gasteiger partial charge in [-0.3, -0.25) is 4.57 Å². The molecule has 0 aliphatic carbocycles. The molecule has 1 unspecified atom stereocenters. The van der Waals surface area contributed by atoms with Crippen molar-refractivity contribution in [1.29, 1.82) is 0 Å². The predicted octanol–water partition coefficient (Wildman–Crippen LogP) is 1.33. The third-order valence-electron chi connectivity index (χ3n) is 1.27. The average Bonchev–Trinajstić information content (AvgIpc) is 1.85. The Bertz CT molecular complexity index is 136. The van der Waals surface area contributed by atoms with E-state index in [1.54, 1.807) is 6.92 Å². The first-order valence-electron chi connectivity index (χ1n) is 3.69. The predicted molar refractivity (Wildman–Crippen MR) is 42.4 cm³/mol. The lowest BCUT2D eigenvalue weighted by Gasteiger charge is -2.16. The van der Waals surface area contributed by atoms with Gasteiger partial charge in [-0.25, -0.2) is 0 Å². The highest BCUT2D eigenvalue weighted by atomic mass is 31.2. The summed E-state index contributed by atoms with van der Waals surface area (Å²) in [6.07, 6.45) is 1.13. The van der Waals surface area contributed by atoms with Crippen LogP contribution in [-0.2, 0) is 9.30 Å². The highest BCUT2D eigenvalue weighted by Gasteiger charge is 2.27. The summed E-state index contributed by atoms with van der Waals surface area (Å²) in [6.45, 7) is 3.93. The van der Waals surface area contributed by atoms with Gasteiger partial charge in [-0.15, -0.1) is 0 Å². The maximum absolute atomic E-state index is 10.7. The van der Waals surface area contributed by atoms with Crippen LogP contribution in [0.4, 0.5) is 0 Å². The highest BCUT2D eigenvalue weighted by molar-refractivity contribution is 7.52. The van der Waals surface area contributed by atoms with E-state index in [1.807, 2.05) is 6.92 Å².